The zero-order chi connectivity index (χ0) is 14.8. The van der Waals surface area contributed by atoms with Crippen LogP contribution in [-0.2, 0) is 16.6 Å². The van der Waals surface area contributed by atoms with E-state index >= 15 is 0 Å². The molecule has 2 heterocycles. The molecular formula is C13H21BrN2O2S2. The second-order valence-electron chi connectivity index (χ2n) is 5.06. The predicted octanol–water partition coefficient (Wildman–Crippen LogP) is 3.04. The number of rotatable bonds is 6. The van der Waals surface area contributed by atoms with Crippen LogP contribution in [-0.4, -0.2) is 32.4 Å². The second kappa shape index (κ2) is 6.87. The monoisotopic (exact) mass is 380 g/mol. The molecule has 0 bridgehead atoms. The van der Waals surface area contributed by atoms with Gasteiger partial charge in [-0.05, 0) is 40.9 Å². The highest BCUT2D eigenvalue weighted by Crippen LogP contribution is 2.35. The van der Waals surface area contributed by atoms with Crippen molar-refractivity contribution in [3.05, 3.63) is 14.7 Å². The Morgan fingerprint density at radius 1 is 1.50 bits per heavy atom. The van der Waals surface area contributed by atoms with E-state index in [9.17, 15) is 8.42 Å². The molecule has 1 aromatic rings. The van der Waals surface area contributed by atoms with Crippen LogP contribution in [0.4, 0.5) is 0 Å². The summed E-state index contributed by atoms with van der Waals surface area (Å²) in [6.45, 7) is 7.05. The van der Waals surface area contributed by atoms with Crippen LogP contribution in [0.2, 0.25) is 0 Å². The maximum atomic E-state index is 12.7. The second-order valence-corrected chi connectivity index (χ2v) is 9.42. The van der Waals surface area contributed by atoms with Gasteiger partial charge in [0.1, 0.15) is 4.90 Å². The molecule has 1 fully saturated rings. The molecule has 0 saturated carbocycles. The number of nitrogens with zero attached hydrogens (tertiary/aromatic N) is 1. The van der Waals surface area contributed by atoms with Gasteiger partial charge in [-0.3, -0.25) is 0 Å². The van der Waals surface area contributed by atoms with Crippen molar-refractivity contribution in [2.45, 2.75) is 38.1 Å². The van der Waals surface area contributed by atoms with Gasteiger partial charge in [-0.15, -0.1) is 11.3 Å². The van der Waals surface area contributed by atoms with Crippen molar-refractivity contribution in [2.75, 3.05) is 19.6 Å². The quantitative estimate of drug-likeness (QED) is 0.824. The van der Waals surface area contributed by atoms with Gasteiger partial charge in [-0.1, -0.05) is 20.3 Å². The van der Waals surface area contributed by atoms with Gasteiger partial charge >= 0.3 is 0 Å². The molecule has 1 aliphatic rings. The number of halogens is 1. The van der Waals surface area contributed by atoms with E-state index in [-0.39, 0.29) is 0 Å². The van der Waals surface area contributed by atoms with Crippen LogP contribution < -0.4 is 5.32 Å². The summed E-state index contributed by atoms with van der Waals surface area (Å²) in [6.07, 6.45) is 2.02. The number of hydrogen-bond donors (Lipinski definition) is 1. The third-order valence-corrected chi connectivity index (χ3v) is 7.82. The molecule has 1 unspecified atom stereocenters. The minimum atomic E-state index is -3.35. The van der Waals surface area contributed by atoms with E-state index in [0.29, 0.717) is 34.2 Å². The number of nitrogens with one attached hydrogen (secondary N) is 1. The maximum Gasteiger partial charge on any atom is 0.245 e. The van der Waals surface area contributed by atoms with E-state index in [0.717, 1.165) is 24.3 Å². The Morgan fingerprint density at radius 2 is 2.25 bits per heavy atom. The van der Waals surface area contributed by atoms with Crippen molar-refractivity contribution >= 4 is 37.3 Å². The lowest BCUT2D eigenvalue weighted by Gasteiger charge is -2.15. The summed E-state index contributed by atoms with van der Waals surface area (Å²) in [7, 11) is -3.35. The average molecular weight is 381 g/mol. The summed E-state index contributed by atoms with van der Waals surface area (Å²) in [4.78, 5) is 1.47. The van der Waals surface area contributed by atoms with Crippen LogP contribution in [0.15, 0.2) is 14.7 Å². The fourth-order valence-electron chi connectivity index (χ4n) is 2.40. The molecular weight excluding hydrogens is 360 g/mol. The molecule has 4 nitrogen and oxygen atoms in total. The van der Waals surface area contributed by atoms with Crippen LogP contribution in [0, 0.1) is 5.92 Å². The molecule has 0 aliphatic carbocycles. The Bertz CT molecular complexity index is 557. The van der Waals surface area contributed by atoms with E-state index in [1.165, 1.54) is 11.3 Å². The Morgan fingerprint density at radius 3 is 2.85 bits per heavy atom. The van der Waals surface area contributed by atoms with Crippen molar-refractivity contribution in [3.63, 3.8) is 0 Å². The summed E-state index contributed by atoms with van der Waals surface area (Å²) >= 11 is 4.90. The van der Waals surface area contributed by atoms with Crippen LogP contribution in [0.3, 0.4) is 0 Å². The van der Waals surface area contributed by atoms with Crippen LogP contribution in [0.25, 0.3) is 0 Å². The first kappa shape index (κ1) is 16.4. The highest BCUT2D eigenvalue weighted by molar-refractivity contribution is 9.11. The molecule has 2 rings (SSSR count). The normalized spacial score (nSPS) is 20.6. The highest BCUT2D eigenvalue weighted by atomic mass is 79.9. The van der Waals surface area contributed by atoms with Crippen molar-refractivity contribution < 1.29 is 8.42 Å². The van der Waals surface area contributed by atoms with Crippen molar-refractivity contribution in [1.29, 1.82) is 0 Å². The van der Waals surface area contributed by atoms with Crippen LogP contribution in [0.1, 0.15) is 31.6 Å². The molecule has 1 N–H and O–H groups in total. The van der Waals surface area contributed by atoms with Gasteiger partial charge in [0.05, 0.1) is 3.79 Å². The molecule has 114 valence electrons. The number of hydrogen-bond acceptors (Lipinski definition) is 4. The fraction of sp³-hybridized carbons (Fsp3) is 0.692. The predicted molar refractivity (Wildman–Crippen MR) is 86.6 cm³/mol. The first-order valence-corrected chi connectivity index (χ1v) is 10.0. The topological polar surface area (TPSA) is 49.4 Å². The minimum absolute atomic E-state index is 0.423. The zero-order valence-corrected chi connectivity index (χ0v) is 15.1. The summed E-state index contributed by atoms with van der Waals surface area (Å²) in [6, 6.07) is 1.80. The van der Waals surface area contributed by atoms with E-state index in [2.05, 4.69) is 28.2 Å². The average Bonchev–Trinajstić information content (AvgIpc) is 3.03. The largest absolute Gasteiger partial charge is 0.312 e. The maximum absolute atomic E-state index is 12.7. The molecule has 0 aromatic carbocycles. The molecule has 0 radical (unpaired) electrons. The van der Waals surface area contributed by atoms with Gasteiger partial charge < -0.3 is 5.32 Å². The van der Waals surface area contributed by atoms with Gasteiger partial charge in [0, 0.05) is 24.5 Å². The SMILES string of the molecule is CCNCc1cc(S(=O)(=O)N2CCC(CC)C2)c(Br)s1. The van der Waals surface area contributed by atoms with E-state index < -0.39 is 10.0 Å². The molecule has 1 atom stereocenters. The van der Waals surface area contributed by atoms with Gasteiger partial charge in [0.15, 0.2) is 0 Å². The lowest BCUT2D eigenvalue weighted by molar-refractivity contribution is 0.453. The fourth-order valence-corrected chi connectivity index (χ4v) is 6.53. The third-order valence-electron chi connectivity index (χ3n) is 3.70. The van der Waals surface area contributed by atoms with Gasteiger partial charge in [0.25, 0.3) is 0 Å². The molecule has 0 spiro atoms. The van der Waals surface area contributed by atoms with Crippen molar-refractivity contribution in [2.24, 2.45) is 5.92 Å². The van der Waals surface area contributed by atoms with E-state index in [1.807, 2.05) is 6.92 Å². The standard InChI is InChI=1S/C13H21BrN2O2S2/c1-3-10-5-6-16(9-10)20(17,18)12-7-11(8-15-4-2)19-13(12)14/h7,10,15H,3-6,8-9H2,1-2H3. The molecule has 7 heteroatoms. The Balaban J connectivity index is 2.19. The number of sulfonamides is 1. The Kier molecular flexibility index (Phi) is 5.64. The lowest BCUT2D eigenvalue weighted by atomic mass is 10.1. The van der Waals surface area contributed by atoms with Gasteiger partial charge in [-0.2, -0.15) is 4.31 Å². The Labute approximate surface area is 133 Å². The first-order valence-electron chi connectivity index (χ1n) is 6.98. The molecule has 20 heavy (non-hydrogen) atoms. The smallest absolute Gasteiger partial charge is 0.245 e. The highest BCUT2D eigenvalue weighted by Gasteiger charge is 2.33. The van der Waals surface area contributed by atoms with Crippen LogP contribution in [0.5, 0.6) is 0 Å². The van der Waals surface area contributed by atoms with Crippen molar-refractivity contribution in [3.8, 4) is 0 Å². The number of thiophene rings is 1. The molecule has 1 aliphatic heterocycles. The zero-order valence-electron chi connectivity index (χ0n) is 11.9. The van der Waals surface area contributed by atoms with Gasteiger partial charge in [0.2, 0.25) is 10.0 Å². The van der Waals surface area contributed by atoms with E-state index in [1.54, 1.807) is 10.4 Å². The molecule has 1 saturated heterocycles. The third kappa shape index (κ3) is 3.44. The first-order chi connectivity index (χ1) is 9.48. The Hall–Kier alpha value is 0.0500. The lowest BCUT2D eigenvalue weighted by Crippen LogP contribution is -2.28. The summed E-state index contributed by atoms with van der Waals surface area (Å²) < 4.78 is 27.7. The van der Waals surface area contributed by atoms with Crippen molar-refractivity contribution in [1.82, 2.24) is 9.62 Å². The minimum Gasteiger partial charge on any atom is -0.312 e. The molecule has 1 aromatic heterocycles. The van der Waals surface area contributed by atoms with Crippen LogP contribution >= 0.6 is 27.3 Å². The van der Waals surface area contributed by atoms with E-state index in [4.69, 9.17) is 0 Å². The summed E-state index contributed by atoms with van der Waals surface area (Å²) in [5, 5.41) is 3.22. The molecule has 0 amide bonds. The summed E-state index contributed by atoms with van der Waals surface area (Å²) in [5.41, 5.74) is 0. The summed E-state index contributed by atoms with van der Waals surface area (Å²) in [5.74, 6) is 0.503. The van der Waals surface area contributed by atoms with Gasteiger partial charge in [-0.25, -0.2) is 8.42 Å².